The number of hydrogen-bond acceptors (Lipinski definition) is 4. The van der Waals surface area contributed by atoms with Gasteiger partial charge in [0.1, 0.15) is 5.82 Å². The molecule has 2 amide bonds. The highest BCUT2D eigenvalue weighted by Gasteiger charge is 2.36. The predicted molar refractivity (Wildman–Crippen MR) is 83.3 cm³/mol. The molecular formula is C15H19FN2O4S. The summed E-state index contributed by atoms with van der Waals surface area (Å²) in [4.78, 5) is 25.5. The molecule has 126 valence electrons. The number of nitrogens with zero attached hydrogens (tertiary/aromatic N) is 1. The molecule has 23 heavy (non-hydrogen) atoms. The van der Waals surface area contributed by atoms with Gasteiger partial charge >= 0.3 is 0 Å². The fourth-order valence-electron chi connectivity index (χ4n) is 2.60. The number of amides is 2. The Morgan fingerprint density at radius 3 is 2.74 bits per heavy atom. The third-order valence-electron chi connectivity index (χ3n) is 3.84. The quantitative estimate of drug-likeness (QED) is 0.867. The van der Waals surface area contributed by atoms with Crippen molar-refractivity contribution < 1.29 is 22.4 Å². The van der Waals surface area contributed by atoms with Crippen LogP contribution in [-0.4, -0.2) is 56.3 Å². The van der Waals surface area contributed by atoms with E-state index in [4.69, 9.17) is 0 Å². The van der Waals surface area contributed by atoms with Gasteiger partial charge in [-0.2, -0.15) is 0 Å². The third kappa shape index (κ3) is 4.07. The second kappa shape index (κ2) is 6.66. The van der Waals surface area contributed by atoms with Crippen LogP contribution in [0.4, 0.5) is 4.39 Å². The average Bonchev–Trinajstić information content (AvgIpc) is 2.48. The first-order valence-electron chi connectivity index (χ1n) is 7.21. The molecule has 1 aliphatic rings. The Kier molecular flexibility index (Phi) is 5.03. The molecule has 0 saturated carbocycles. The van der Waals surface area contributed by atoms with Crippen molar-refractivity contribution in [3.63, 3.8) is 0 Å². The summed E-state index contributed by atoms with van der Waals surface area (Å²) in [6.07, 6.45) is -0.130. The van der Waals surface area contributed by atoms with Crippen LogP contribution in [0.15, 0.2) is 18.2 Å². The molecule has 1 saturated heterocycles. The second-order valence-corrected chi connectivity index (χ2v) is 7.86. The number of carbonyl (C=O) groups is 2. The van der Waals surface area contributed by atoms with E-state index in [1.165, 1.54) is 24.1 Å². The van der Waals surface area contributed by atoms with Gasteiger partial charge in [0.15, 0.2) is 9.84 Å². The number of nitrogens with one attached hydrogen (secondary N) is 1. The van der Waals surface area contributed by atoms with Gasteiger partial charge in [-0.05, 0) is 19.1 Å². The molecule has 0 spiro atoms. The van der Waals surface area contributed by atoms with Crippen LogP contribution in [0, 0.1) is 12.7 Å². The lowest BCUT2D eigenvalue weighted by Crippen LogP contribution is -2.52. The van der Waals surface area contributed by atoms with Crippen molar-refractivity contribution in [2.75, 3.05) is 25.1 Å². The summed E-state index contributed by atoms with van der Waals surface area (Å²) >= 11 is 0. The van der Waals surface area contributed by atoms with Gasteiger partial charge in [-0.25, -0.2) is 12.8 Å². The molecule has 0 bridgehead atoms. The van der Waals surface area contributed by atoms with Crippen LogP contribution < -0.4 is 5.32 Å². The summed E-state index contributed by atoms with van der Waals surface area (Å²) < 4.78 is 37.6. The highest BCUT2D eigenvalue weighted by atomic mass is 32.2. The van der Waals surface area contributed by atoms with Gasteiger partial charge in [-0.15, -0.1) is 0 Å². The Labute approximate surface area is 134 Å². The minimum Gasteiger partial charge on any atom is -0.359 e. The summed E-state index contributed by atoms with van der Waals surface area (Å²) in [6.45, 7) is 1.69. The molecule has 1 heterocycles. The molecule has 1 fully saturated rings. The SMILES string of the molecule is CNC(=O)CC1CS(=O)(=O)CCN1C(=O)c1cc(C)ccc1F. The summed E-state index contributed by atoms with van der Waals surface area (Å²) in [6, 6.07) is 3.39. The Morgan fingerprint density at radius 2 is 2.09 bits per heavy atom. The average molecular weight is 342 g/mol. The summed E-state index contributed by atoms with van der Waals surface area (Å²) in [5.74, 6) is -2.09. The van der Waals surface area contributed by atoms with Gasteiger partial charge in [0, 0.05) is 20.0 Å². The van der Waals surface area contributed by atoms with E-state index in [0.29, 0.717) is 0 Å². The van der Waals surface area contributed by atoms with Crippen molar-refractivity contribution in [3.8, 4) is 0 Å². The van der Waals surface area contributed by atoms with Crippen molar-refractivity contribution in [2.45, 2.75) is 19.4 Å². The van der Waals surface area contributed by atoms with Crippen LogP contribution in [0.2, 0.25) is 0 Å². The molecule has 1 unspecified atom stereocenters. The summed E-state index contributed by atoms with van der Waals surface area (Å²) in [7, 11) is -1.88. The lowest BCUT2D eigenvalue weighted by Gasteiger charge is -2.35. The van der Waals surface area contributed by atoms with Gasteiger partial charge in [0.05, 0.1) is 23.1 Å². The van der Waals surface area contributed by atoms with Crippen molar-refractivity contribution in [2.24, 2.45) is 0 Å². The molecular weight excluding hydrogens is 323 g/mol. The number of rotatable bonds is 3. The number of hydrogen-bond donors (Lipinski definition) is 1. The van der Waals surface area contributed by atoms with Crippen LogP contribution >= 0.6 is 0 Å². The van der Waals surface area contributed by atoms with Crippen LogP contribution in [0.3, 0.4) is 0 Å². The Bertz CT molecular complexity index is 733. The molecule has 0 radical (unpaired) electrons. The van der Waals surface area contributed by atoms with Crippen LogP contribution in [0.1, 0.15) is 22.3 Å². The zero-order chi connectivity index (χ0) is 17.2. The highest BCUT2D eigenvalue weighted by molar-refractivity contribution is 7.91. The molecule has 1 N–H and O–H groups in total. The van der Waals surface area contributed by atoms with E-state index in [-0.39, 0.29) is 35.9 Å². The normalized spacial score (nSPS) is 20.1. The third-order valence-corrected chi connectivity index (χ3v) is 5.54. The number of aryl methyl sites for hydroxylation is 1. The molecule has 1 aromatic carbocycles. The summed E-state index contributed by atoms with van der Waals surface area (Å²) in [5.41, 5.74) is 0.619. The number of carbonyl (C=O) groups excluding carboxylic acids is 2. The molecule has 0 aliphatic carbocycles. The second-order valence-electron chi connectivity index (χ2n) is 5.63. The monoisotopic (exact) mass is 342 g/mol. The van der Waals surface area contributed by atoms with Gasteiger partial charge < -0.3 is 10.2 Å². The largest absolute Gasteiger partial charge is 0.359 e. The molecule has 1 aliphatic heterocycles. The molecule has 8 heteroatoms. The van der Waals surface area contributed by atoms with Crippen molar-refractivity contribution in [1.82, 2.24) is 10.2 Å². The van der Waals surface area contributed by atoms with Crippen molar-refractivity contribution >= 4 is 21.7 Å². The van der Waals surface area contributed by atoms with E-state index < -0.39 is 27.6 Å². The maximum atomic E-state index is 13.9. The topological polar surface area (TPSA) is 83.6 Å². The van der Waals surface area contributed by atoms with E-state index in [2.05, 4.69) is 5.32 Å². The number of halogens is 1. The lowest BCUT2D eigenvalue weighted by atomic mass is 10.1. The van der Waals surface area contributed by atoms with Crippen LogP contribution in [0.5, 0.6) is 0 Å². The van der Waals surface area contributed by atoms with Gasteiger partial charge in [-0.1, -0.05) is 11.6 Å². The first kappa shape index (κ1) is 17.4. The minimum absolute atomic E-state index is 0.0454. The van der Waals surface area contributed by atoms with Crippen molar-refractivity contribution in [3.05, 3.63) is 35.1 Å². The molecule has 2 rings (SSSR count). The van der Waals surface area contributed by atoms with E-state index in [9.17, 15) is 22.4 Å². The zero-order valence-corrected chi connectivity index (χ0v) is 13.8. The Hall–Kier alpha value is -1.96. The number of benzene rings is 1. The van der Waals surface area contributed by atoms with Crippen LogP contribution in [-0.2, 0) is 14.6 Å². The smallest absolute Gasteiger partial charge is 0.257 e. The van der Waals surface area contributed by atoms with Gasteiger partial charge in [0.2, 0.25) is 5.91 Å². The lowest BCUT2D eigenvalue weighted by molar-refractivity contribution is -0.121. The van der Waals surface area contributed by atoms with Gasteiger partial charge in [0.25, 0.3) is 5.91 Å². The van der Waals surface area contributed by atoms with E-state index in [1.54, 1.807) is 13.0 Å². The molecule has 0 aromatic heterocycles. The Morgan fingerprint density at radius 1 is 1.39 bits per heavy atom. The van der Waals surface area contributed by atoms with Crippen molar-refractivity contribution in [1.29, 1.82) is 0 Å². The fourth-order valence-corrected chi connectivity index (χ4v) is 4.12. The molecule has 1 aromatic rings. The molecule has 6 nitrogen and oxygen atoms in total. The minimum atomic E-state index is -3.32. The number of sulfone groups is 1. The van der Waals surface area contributed by atoms with Crippen LogP contribution in [0.25, 0.3) is 0 Å². The van der Waals surface area contributed by atoms with Gasteiger partial charge in [-0.3, -0.25) is 9.59 Å². The fraction of sp³-hybridized carbons (Fsp3) is 0.467. The predicted octanol–water partition coefficient (Wildman–Crippen LogP) is 0.509. The standard InChI is InChI=1S/C15H19FN2O4S/c1-10-3-4-13(16)12(7-10)15(20)18-5-6-23(21,22)9-11(18)8-14(19)17-2/h3-4,7,11H,5-6,8-9H2,1-2H3,(H,17,19). The van der Waals surface area contributed by atoms with E-state index >= 15 is 0 Å². The van der Waals surface area contributed by atoms with E-state index in [1.807, 2.05) is 0 Å². The summed E-state index contributed by atoms with van der Waals surface area (Å²) in [5, 5.41) is 2.41. The first-order valence-corrected chi connectivity index (χ1v) is 9.04. The zero-order valence-electron chi connectivity index (χ0n) is 13.0. The molecule has 1 atom stereocenters. The maximum Gasteiger partial charge on any atom is 0.257 e. The van der Waals surface area contributed by atoms with E-state index in [0.717, 1.165) is 5.56 Å². The first-order chi connectivity index (χ1) is 10.7. The Balaban J connectivity index is 2.32. The maximum absolute atomic E-state index is 13.9. The highest BCUT2D eigenvalue weighted by Crippen LogP contribution is 2.20.